The summed E-state index contributed by atoms with van der Waals surface area (Å²) in [5.74, 6) is 0. The van der Waals surface area contributed by atoms with Crippen molar-refractivity contribution in [2.24, 2.45) is 0 Å². The topological polar surface area (TPSA) is 34.1 Å². The summed E-state index contributed by atoms with van der Waals surface area (Å²) >= 11 is 0. The van der Waals surface area contributed by atoms with E-state index in [0.29, 0.717) is 14.7 Å². The third-order valence-corrected chi connectivity index (χ3v) is 1.96. The first-order valence-electron chi connectivity index (χ1n) is 2.38. The Bertz CT molecular complexity index is 64.4. The highest BCUT2D eigenvalue weighted by Crippen LogP contribution is 2.07. The molecule has 1 unspecified atom stereocenters. The molecule has 46 valence electrons. The molecule has 0 aliphatic heterocycles. The van der Waals surface area contributed by atoms with Gasteiger partial charge in [-0.15, -0.1) is 0 Å². The van der Waals surface area contributed by atoms with Crippen LogP contribution in [-0.2, 0) is 9.36 Å². The minimum atomic E-state index is 0.199. The lowest BCUT2D eigenvalue weighted by atomic mass is 10.6. The molecule has 0 aliphatic carbocycles. The van der Waals surface area contributed by atoms with E-state index in [0.717, 1.165) is 18.6 Å². The second kappa shape index (κ2) is 7.20. The SMILES string of the molecule is O=CPCCCP=O. The Morgan fingerprint density at radius 3 is 2.88 bits per heavy atom. The number of carbonyl (C=O) groups excluding carboxylic acids is 1. The Balaban J connectivity index is 2.71. The van der Waals surface area contributed by atoms with E-state index >= 15 is 0 Å². The predicted octanol–water partition coefficient (Wildman–Crippen LogP) is 1.54. The highest BCUT2D eigenvalue weighted by Gasteiger charge is 1.84. The zero-order valence-corrected chi connectivity index (χ0v) is 6.36. The van der Waals surface area contributed by atoms with E-state index in [9.17, 15) is 9.36 Å². The fourth-order valence-corrected chi connectivity index (χ4v) is 1.39. The minimum Gasteiger partial charge on any atom is -0.299 e. The molecule has 0 saturated heterocycles. The summed E-state index contributed by atoms with van der Waals surface area (Å²) in [6, 6.07) is 0.918. The highest BCUT2D eigenvalue weighted by molar-refractivity contribution is 7.54. The zero-order chi connectivity index (χ0) is 6.24. The number of rotatable bonds is 5. The van der Waals surface area contributed by atoms with Crippen molar-refractivity contribution in [3.63, 3.8) is 0 Å². The molecular weight excluding hydrogens is 142 g/mol. The molecule has 2 nitrogen and oxygen atoms in total. The molecule has 0 fully saturated rings. The van der Waals surface area contributed by atoms with Crippen LogP contribution in [0.4, 0.5) is 0 Å². The average molecular weight is 150 g/mol. The van der Waals surface area contributed by atoms with Gasteiger partial charge in [-0.25, -0.2) is 0 Å². The molecule has 0 N–H and O–H groups in total. The Hall–Kier alpha value is 0.200. The molecule has 0 aromatic heterocycles. The van der Waals surface area contributed by atoms with Gasteiger partial charge in [-0.3, -0.25) is 9.36 Å². The lowest BCUT2D eigenvalue weighted by Gasteiger charge is -1.84. The first-order chi connectivity index (χ1) is 3.91. The van der Waals surface area contributed by atoms with Crippen LogP contribution in [0.5, 0.6) is 0 Å². The maximum Gasteiger partial charge on any atom is 0.155 e. The number of carbonyl (C=O) groups is 1. The first-order valence-corrected chi connectivity index (χ1v) is 4.66. The van der Waals surface area contributed by atoms with Crippen molar-refractivity contribution in [3.05, 3.63) is 0 Å². The Morgan fingerprint density at radius 2 is 2.38 bits per heavy atom. The molecule has 0 aliphatic rings. The normalized spacial score (nSPS) is 11.0. The van der Waals surface area contributed by atoms with Crippen LogP contribution in [0.3, 0.4) is 0 Å². The Morgan fingerprint density at radius 1 is 1.62 bits per heavy atom. The van der Waals surface area contributed by atoms with Gasteiger partial charge in [-0.1, -0.05) is 8.58 Å². The van der Waals surface area contributed by atoms with Crippen LogP contribution in [-0.4, -0.2) is 18.4 Å². The van der Waals surface area contributed by atoms with Crippen molar-refractivity contribution in [2.75, 3.05) is 12.3 Å². The molecule has 0 rings (SSSR count). The van der Waals surface area contributed by atoms with E-state index in [4.69, 9.17) is 0 Å². The molecule has 0 aromatic rings. The van der Waals surface area contributed by atoms with Gasteiger partial charge >= 0.3 is 0 Å². The first kappa shape index (κ1) is 8.20. The third-order valence-electron chi connectivity index (χ3n) is 0.654. The van der Waals surface area contributed by atoms with Crippen LogP contribution in [0.1, 0.15) is 6.42 Å². The maximum atomic E-state index is 9.78. The second-order valence-corrected chi connectivity index (χ2v) is 3.13. The van der Waals surface area contributed by atoms with Crippen molar-refractivity contribution in [1.29, 1.82) is 0 Å². The Kier molecular flexibility index (Phi) is 7.38. The van der Waals surface area contributed by atoms with Crippen molar-refractivity contribution in [2.45, 2.75) is 6.42 Å². The molecule has 0 heterocycles. The van der Waals surface area contributed by atoms with Crippen LogP contribution >= 0.6 is 17.0 Å². The van der Waals surface area contributed by atoms with Crippen LogP contribution in [0, 0.1) is 0 Å². The molecule has 0 spiro atoms. The third kappa shape index (κ3) is 6.20. The van der Waals surface area contributed by atoms with Crippen LogP contribution in [0.15, 0.2) is 0 Å². The highest BCUT2D eigenvalue weighted by atomic mass is 31.1. The smallest absolute Gasteiger partial charge is 0.155 e. The van der Waals surface area contributed by atoms with Gasteiger partial charge in [0.25, 0.3) is 0 Å². The van der Waals surface area contributed by atoms with Gasteiger partial charge in [0.1, 0.15) is 6.03 Å². The largest absolute Gasteiger partial charge is 0.299 e. The quantitative estimate of drug-likeness (QED) is 0.338. The molecule has 8 heavy (non-hydrogen) atoms. The summed E-state index contributed by atoms with van der Waals surface area (Å²) in [6.45, 7) is 0. The Labute approximate surface area is 52.0 Å². The zero-order valence-electron chi connectivity index (χ0n) is 4.46. The minimum absolute atomic E-state index is 0.199. The van der Waals surface area contributed by atoms with E-state index in [1.807, 2.05) is 0 Å². The van der Waals surface area contributed by atoms with E-state index in [2.05, 4.69) is 0 Å². The van der Waals surface area contributed by atoms with E-state index in [1.165, 1.54) is 0 Å². The lowest BCUT2D eigenvalue weighted by molar-refractivity contribution is 0.569. The summed E-state index contributed by atoms with van der Waals surface area (Å²) in [5, 5.41) is 0. The molecule has 0 aromatic carbocycles. The average Bonchev–Trinajstić information content (AvgIpc) is 1.81. The van der Waals surface area contributed by atoms with Gasteiger partial charge in [-0.05, 0) is 12.6 Å². The van der Waals surface area contributed by atoms with E-state index in [1.54, 1.807) is 0 Å². The van der Waals surface area contributed by atoms with Gasteiger partial charge in [-0.2, -0.15) is 0 Å². The van der Waals surface area contributed by atoms with Crippen LogP contribution in [0.2, 0.25) is 0 Å². The maximum absolute atomic E-state index is 9.78. The van der Waals surface area contributed by atoms with Crippen molar-refractivity contribution in [1.82, 2.24) is 0 Å². The van der Waals surface area contributed by atoms with E-state index < -0.39 is 0 Å². The van der Waals surface area contributed by atoms with Gasteiger partial charge < -0.3 is 0 Å². The standard InChI is InChI=1S/C4H8O2P2/c5-4-7-2-1-3-8-6/h4,7H,1-3H2. The van der Waals surface area contributed by atoms with Crippen LogP contribution in [0.25, 0.3) is 0 Å². The van der Waals surface area contributed by atoms with Gasteiger partial charge in [0.15, 0.2) is 8.46 Å². The predicted molar refractivity (Wildman–Crippen MR) is 37.0 cm³/mol. The van der Waals surface area contributed by atoms with E-state index in [-0.39, 0.29) is 8.46 Å². The molecule has 0 bridgehead atoms. The molecule has 1 atom stereocenters. The van der Waals surface area contributed by atoms with Gasteiger partial charge in [0, 0.05) is 6.16 Å². The lowest BCUT2D eigenvalue weighted by Crippen LogP contribution is -1.76. The molecular formula is C4H8O2P2. The second-order valence-electron chi connectivity index (χ2n) is 1.28. The number of hydrogen-bond donors (Lipinski definition) is 0. The monoisotopic (exact) mass is 150 g/mol. The van der Waals surface area contributed by atoms with Crippen molar-refractivity contribution >= 4 is 23.1 Å². The molecule has 0 radical (unpaired) electrons. The van der Waals surface area contributed by atoms with Crippen molar-refractivity contribution in [3.8, 4) is 0 Å². The molecule has 0 amide bonds. The number of hydrogen-bond acceptors (Lipinski definition) is 2. The summed E-state index contributed by atoms with van der Waals surface area (Å²) < 4.78 is 9.78. The van der Waals surface area contributed by atoms with Crippen LogP contribution < -0.4 is 0 Å². The summed E-state index contributed by atoms with van der Waals surface area (Å²) in [6.07, 6.45) is 2.50. The van der Waals surface area contributed by atoms with Crippen molar-refractivity contribution < 1.29 is 9.36 Å². The van der Waals surface area contributed by atoms with Gasteiger partial charge in [0.2, 0.25) is 0 Å². The van der Waals surface area contributed by atoms with Gasteiger partial charge in [0.05, 0.1) is 0 Å². The molecule has 4 heteroatoms. The summed E-state index contributed by atoms with van der Waals surface area (Å²) in [4.78, 5) is 9.70. The fraction of sp³-hybridized carbons (Fsp3) is 0.750. The molecule has 0 saturated carbocycles. The fourth-order valence-electron chi connectivity index (χ4n) is 0.305. The summed E-state index contributed by atoms with van der Waals surface area (Å²) in [5.41, 5.74) is 0. The summed E-state index contributed by atoms with van der Waals surface area (Å²) in [7, 11) is 0.600.